The fraction of sp³-hybridized carbons (Fsp3) is 0.479. The van der Waals surface area contributed by atoms with Crippen LogP contribution >= 0.6 is 45.8 Å². The molecule has 0 aliphatic carbocycles. The van der Waals surface area contributed by atoms with E-state index in [1.165, 1.54) is 0 Å². The van der Waals surface area contributed by atoms with Crippen molar-refractivity contribution in [2.45, 2.75) is 143 Å². The van der Waals surface area contributed by atoms with Crippen LogP contribution in [0.3, 0.4) is 0 Å². The number of ether oxygens (including phenoxy) is 7. The van der Waals surface area contributed by atoms with Crippen LogP contribution in [0.5, 0.6) is 23.0 Å². The number of halogens is 2. The first-order valence-electron chi connectivity index (χ1n) is 30.4. The summed E-state index contributed by atoms with van der Waals surface area (Å²) in [5, 5.41) is 38.3. The van der Waals surface area contributed by atoms with E-state index < -0.39 is 25.8 Å². The van der Waals surface area contributed by atoms with Crippen LogP contribution in [-0.4, -0.2) is 145 Å². The van der Waals surface area contributed by atoms with Gasteiger partial charge in [-0.25, -0.2) is 4.67 Å². The van der Waals surface area contributed by atoms with E-state index in [0.29, 0.717) is 26.2 Å². The Hall–Kier alpha value is -4.54. The highest BCUT2D eigenvalue weighted by atomic mass is 128. The van der Waals surface area contributed by atoms with E-state index in [9.17, 15) is 5.11 Å². The topological polar surface area (TPSA) is 187 Å². The van der Waals surface area contributed by atoms with Crippen molar-refractivity contribution in [3.63, 3.8) is 0 Å². The van der Waals surface area contributed by atoms with E-state index in [1.54, 1.807) is 42.5 Å². The van der Waals surface area contributed by atoms with Gasteiger partial charge in [-0.05, 0) is 150 Å². The van der Waals surface area contributed by atoms with E-state index in [0.717, 1.165) is 76.0 Å². The number of aliphatic hydroxyl groups is 2. The normalized spacial score (nSPS) is 13.7. The summed E-state index contributed by atoms with van der Waals surface area (Å²) in [4.78, 5) is 0. The lowest BCUT2D eigenvalue weighted by Crippen LogP contribution is -2.46. The molecule has 0 radical (unpaired) electrons. The number of nitrogens with zero attached hydrogens (tertiary/aromatic N) is 2. The summed E-state index contributed by atoms with van der Waals surface area (Å²) in [6.45, 7) is 23.9. The summed E-state index contributed by atoms with van der Waals surface area (Å²) < 4.78 is 56.0. The molecule has 0 aliphatic rings. The Morgan fingerprint density at radius 1 is 0.500 bits per heavy atom. The Morgan fingerprint density at radius 2 is 0.822 bits per heavy atom. The van der Waals surface area contributed by atoms with Gasteiger partial charge >= 0.3 is 0 Å². The standard InChI is InChI=1S/C36H50N3O5P.C27H33NO4.C7H17NO2.CH4.I2/c1-9-38-35(29(6)44-45(43-25-13-24-37)39(27(2)3)28(4)5)26-42-36(30-14-11-10-12-15-30,31-16-20-33(40-7)21-17-31)32-18-22-34(41-8)23-19-32;1-5-28-26(20(2)29)19-32-27(21-9-7-6-8-10-21,22-11-15-24(30-3)16-12-22)23-13-17-25(31-4)18-14-23;1-4-8-7(5-9)6(2)10-3;;1-2/h10-12,14-23,27-29,35,38H,9,13,25-26H2,1-8H3;6-18,20,26,28-29H,5,19H2,1-4H3;6-9H,4-5H2,1-3H3;1H4;. The van der Waals surface area contributed by atoms with Gasteiger partial charge in [0.05, 0.1) is 104 Å². The summed E-state index contributed by atoms with van der Waals surface area (Å²) in [6.07, 6.45) is -0.442. The molecule has 7 atom stereocenters. The number of rotatable bonds is 35. The minimum absolute atomic E-state index is 0. The first kappa shape index (κ1) is 81.6. The molecule has 6 rings (SSSR count). The van der Waals surface area contributed by atoms with Gasteiger partial charge in [0.2, 0.25) is 0 Å². The predicted octanol–water partition coefficient (Wildman–Crippen LogP) is 14.4. The number of likely N-dealkylation sites (N-methyl/N-ethyl adjacent to an activating group) is 3. The van der Waals surface area contributed by atoms with Crippen LogP contribution in [0.4, 0.5) is 0 Å². The minimum Gasteiger partial charge on any atom is -0.497 e. The average Bonchev–Trinajstić information content (AvgIpc) is 0.792. The monoisotopic (exact) mass is 1490 g/mol. The van der Waals surface area contributed by atoms with Crippen LogP contribution in [-0.2, 0) is 34.5 Å². The number of hydrogen-bond donors (Lipinski definition) is 5. The van der Waals surface area contributed by atoms with Crippen LogP contribution in [0.2, 0.25) is 0 Å². The summed E-state index contributed by atoms with van der Waals surface area (Å²) >= 11 is 4.24. The highest BCUT2D eigenvalue weighted by Crippen LogP contribution is 2.48. The molecule has 7 unspecified atom stereocenters. The zero-order valence-corrected chi connectivity index (χ0v) is 60.2. The lowest BCUT2D eigenvalue weighted by molar-refractivity contribution is -0.0204. The fourth-order valence-electron chi connectivity index (χ4n) is 10.1. The maximum absolute atomic E-state index is 10.3. The number of benzene rings is 6. The van der Waals surface area contributed by atoms with Crippen molar-refractivity contribution < 1.29 is 52.4 Å². The molecule has 90 heavy (non-hydrogen) atoms. The second kappa shape index (κ2) is 44.9. The summed E-state index contributed by atoms with van der Waals surface area (Å²) in [7, 11) is 6.87. The van der Waals surface area contributed by atoms with Crippen molar-refractivity contribution >= 4 is 45.8 Å². The smallest absolute Gasteiger partial charge is 0.259 e. The van der Waals surface area contributed by atoms with Crippen molar-refractivity contribution in [1.29, 1.82) is 5.26 Å². The molecule has 0 saturated heterocycles. The molecule has 5 N–H and O–H groups in total. The molecule has 6 aromatic carbocycles. The highest BCUT2D eigenvalue weighted by molar-refractivity contribution is 15.0. The van der Waals surface area contributed by atoms with Crippen molar-refractivity contribution in [1.82, 2.24) is 20.6 Å². The van der Waals surface area contributed by atoms with Crippen molar-refractivity contribution in [2.75, 3.05) is 81.6 Å². The molecule has 0 aliphatic heterocycles. The highest BCUT2D eigenvalue weighted by Gasteiger charge is 2.41. The molecule has 0 heterocycles. The lowest BCUT2D eigenvalue weighted by atomic mass is 9.80. The third-order valence-electron chi connectivity index (χ3n) is 14.9. The molecule has 0 saturated carbocycles. The number of methoxy groups -OCH3 is 5. The molecule has 0 amide bonds. The second-order valence-electron chi connectivity index (χ2n) is 21.3. The average molecular weight is 1490 g/mol. The van der Waals surface area contributed by atoms with E-state index in [1.807, 2.05) is 130 Å². The Balaban J connectivity index is 0.000000532. The van der Waals surface area contributed by atoms with Gasteiger partial charge in [-0.3, -0.25) is 0 Å². The summed E-state index contributed by atoms with van der Waals surface area (Å²) in [5.74, 6) is 3.10. The number of aliphatic hydroxyl groups excluding tert-OH is 2. The van der Waals surface area contributed by atoms with Crippen LogP contribution in [0.15, 0.2) is 158 Å². The Morgan fingerprint density at radius 3 is 1.11 bits per heavy atom. The van der Waals surface area contributed by atoms with Gasteiger partial charge in [0, 0.05) is 56.4 Å². The van der Waals surface area contributed by atoms with Gasteiger partial charge in [-0.2, -0.15) is 5.26 Å². The largest absolute Gasteiger partial charge is 0.497 e. The first-order valence-corrected chi connectivity index (χ1v) is 37.8. The minimum atomic E-state index is -1.42. The van der Waals surface area contributed by atoms with Crippen molar-refractivity contribution in [3.05, 3.63) is 191 Å². The van der Waals surface area contributed by atoms with Crippen LogP contribution in [0, 0.1) is 11.3 Å². The summed E-state index contributed by atoms with van der Waals surface area (Å²) in [5.41, 5.74) is 4.04. The van der Waals surface area contributed by atoms with Gasteiger partial charge < -0.3 is 68.4 Å². The number of nitrogens with one attached hydrogen (secondary N) is 3. The molecule has 0 fully saturated rings. The Kier molecular flexibility index (Phi) is 40.7. The van der Waals surface area contributed by atoms with Gasteiger partial charge in [-0.1, -0.05) is 137 Å². The quantitative estimate of drug-likeness (QED) is 0.0109. The molecular weight excluding hydrogens is 1380 g/mol. The third-order valence-corrected chi connectivity index (χ3v) is 17.1. The van der Waals surface area contributed by atoms with E-state index in [4.69, 9.17) is 52.6 Å². The zero-order chi connectivity index (χ0) is 65.8. The third kappa shape index (κ3) is 24.1. The summed E-state index contributed by atoms with van der Waals surface area (Å²) in [6, 6.07) is 54.7. The van der Waals surface area contributed by atoms with Gasteiger partial charge in [-0.15, -0.1) is 0 Å². The molecule has 498 valence electrons. The van der Waals surface area contributed by atoms with Crippen molar-refractivity contribution in [3.8, 4) is 29.1 Å². The fourth-order valence-corrected chi connectivity index (χ4v) is 11.9. The van der Waals surface area contributed by atoms with Gasteiger partial charge in [0.1, 0.15) is 34.2 Å². The molecule has 0 bridgehead atoms. The van der Waals surface area contributed by atoms with Crippen LogP contribution in [0.25, 0.3) is 0 Å². The SMILES string of the molecule is C.CCNC(CO)C(C)OC.CCNC(COC(c1ccccc1)(c1ccc(OC)cc1)c1ccc(OC)cc1)C(C)O.CCNC(COC(c1ccccc1)(c1ccc(OC)cc1)c1ccc(OC)cc1)C(C)OP(OCCC#N)N(C(C)C)C(C)C.II. The zero-order valence-electron chi connectivity index (χ0n) is 55.0. The number of nitriles is 1. The maximum Gasteiger partial charge on any atom is 0.259 e. The molecule has 0 spiro atoms. The van der Waals surface area contributed by atoms with E-state index in [-0.39, 0.29) is 56.5 Å². The first-order chi connectivity index (χ1) is 43.0. The van der Waals surface area contributed by atoms with Crippen LogP contribution < -0.4 is 34.9 Å². The molecule has 19 heteroatoms. The molecule has 16 nitrogen and oxygen atoms in total. The molecule has 0 aromatic heterocycles. The van der Waals surface area contributed by atoms with E-state index >= 15 is 0 Å². The van der Waals surface area contributed by atoms with Crippen LogP contribution in [0.1, 0.15) is 116 Å². The Bertz CT molecular complexity index is 2700. The van der Waals surface area contributed by atoms with Gasteiger partial charge in [0.25, 0.3) is 8.53 Å². The number of hydrogen-bond acceptors (Lipinski definition) is 16. The molecule has 6 aromatic rings. The van der Waals surface area contributed by atoms with Crippen molar-refractivity contribution in [2.24, 2.45) is 0 Å². The Labute approximate surface area is 564 Å². The lowest BCUT2D eigenvalue weighted by Gasteiger charge is -2.40. The second-order valence-corrected chi connectivity index (χ2v) is 22.8. The van der Waals surface area contributed by atoms with Gasteiger partial charge in [0.15, 0.2) is 0 Å². The van der Waals surface area contributed by atoms with E-state index in [2.05, 4.69) is 154 Å². The predicted molar refractivity (Wildman–Crippen MR) is 385 cm³/mol. The maximum atomic E-state index is 10.3. The molecular formula is C71H104I2N5O11P.